The summed E-state index contributed by atoms with van der Waals surface area (Å²) < 4.78 is 0. The summed E-state index contributed by atoms with van der Waals surface area (Å²) in [5, 5.41) is 13.9. The molecule has 6 heteroatoms. The predicted molar refractivity (Wildman–Crippen MR) is 70.4 cm³/mol. The second kappa shape index (κ2) is 8.92. The number of amides is 2. The summed E-state index contributed by atoms with van der Waals surface area (Å²) in [6.45, 7) is 5.34. The van der Waals surface area contributed by atoms with Crippen molar-refractivity contribution in [2.45, 2.75) is 31.8 Å². The first kappa shape index (κ1) is 15.8. The average molecular weight is 260 g/mol. The molecule has 0 aliphatic rings. The zero-order valence-corrected chi connectivity index (χ0v) is 11.0. The van der Waals surface area contributed by atoms with Crippen LogP contribution in [0.25, 0.3) is 0 Å². The number of thioether (sulfide) groups is 1. The lowest BCUT2D eigenvalue weighted by atomic mass is 10.2. The number of carboxylic acids is 1. The lowest BCUT2D eigenvalue weighted by molar-refractivity contribution is -0.139. The van der Waals surface area contributed by atoms with Crippen LogP contribution in [-0.2, 0) is 4.79 Å². The van der Waals surface area contributed by atoms with Crippen LogP contribution in [-0.4, -0.2) is 41.2 Å². The zero-order chi connectivity index (χ0) is 13.3. The maximum atomic E-state index is 11.5. The highest BCUT2D eigenvalue weighted by molar-refractivity contribution is 7.98. The summed E-state index contributed by atoms with van der Waals surface area (Å²) in [4.78, 5) is 22.3. The van der Waals surface area contributed by atoms with E-state index in [0.29, 0.717) is 0 Å². The number of carbonyl (C=O) groups excluding carboxylic acids is 1. The van der Waals surface area contributed by atoms with Crippen molar-refractivity contribution in [1.29, 1.82) is 0 Å². The van der Waals surface area contributed by atoms with E-state index in [1.165, 1.54) is 6.08 Å². The fraction of sp³-hybridized carbons (Fsp3) is 0.636. The highest BCUT2D eigenvalue weighted by Gasteiger charge is 2.18. The van der Waals surface area contributed by atoms with Gasteiger partial charge in [0, 0.05) is 6.04 Å². The van der Waals surface area contributed by atoms with Crippen LogP contribution in [0, 0.1) is 0 Å². The Hall–Kier alpha value is -1.17. The molecule has 0 saturated carbocycles. The van der Waals surface area contributed by atoms with Crippen molar-refractivity contribution >= 4 is 23.8 Å². The minimum absolute atomic E-state index is 0.0284. The van der Waals surface area contributed by atoms with E-state index in [-0.39, 0.29) is 12.5 Å². The van der Waals surface area contributed by atoms with Gasteiger partial charge in [0.2, 0.25) is 0 Å². The minimum atomic E-state index is -1.06. The molecule has 17 heavy (non-hydrogen) atoms. The molecule has 98 valence electrons. The maximum Gasteiger partial charge on any atom is 0.326 e. The molecule has 3 N–H and O–H groups in total. The van der Waals surface area contributed by atoms with E-state index >= 15 is 0 Å². The van der Waals surface area contributed by atoms with Crippen molar-refractivity contribution in [2.24, 2.45) is 0 Å². The Morgan fingerprint density at radius 1 is 1.47 bits per heavy atom. The third-order valence-electron chi connectivity index (χ3n) is 2.14. The van der Waals surface area contributed by atoms with Gasteiger partial charge < -0.3 is 15.7 Å². The molecule has 0 rings (SSSR count). The molecule has 0 bridgehead atoms. The number of hydrogen-bond acceptors (Lipinski definition) is 3. The summed E-state index contributed by atoms with van der Waals surface area (Å²) in [6.07, 6.45) is 4.53. The van der Waals surface area contributed by atoms with Crippen LogP contribution in [0.2, 0.25) is 0 Å². The van der Waals surface area contributed by atoms with Crippen LogP contribution >= 0.6 is 11.8 Å². The van der Waals surface area contributed by atoms with Crippen LogP contribution in [0.3, 0.4) is 0 Å². The Morgan fingerprint density at radius 3 is 2.59 bits per heavy atom. The van der Waals surface area contributed by atoms with Crippen molar-refractivity contribution in [3.05, 3.63) is 12.7 Å². The third kappa shape index (κ3) is 7.68. The average Bonchev–Trinajstić information content (AvgIpc) is 2.25. The summed E-state index contributed by atoms with van der Waals surface area (Å²) in [6, 6.07) is -1.34. The molecule has 0 aromatic carbocycles. The van der Waals surface area contributed by atoms with Gasteiger partial charge >= 0.3 is 12.0 Å². The molecule has 0 heterocycles. The molecule has 5 nitrogen and oxygen atoms in total. The fourth-order valence-electron chi connectivity index (χ4n) is 1.18. The molecule has 0 aliphatic carbocycles. The van der Waals surface area contributed by atoms with Crippen molar-refractivity contribution in [2.75, 3.05) is 12.0 Å². The van der Waals surface area contributed by atoms with Gasteiger partial charge in [-0.2, -0.15) is 11.8 Å². The van der Waals surface area contributed by atoms with Crippen molar-refractivity contribution < 1.29 is 14.7 Å². The smallest absolute Gasteiger partial charge is 0.326 e. The van der Waals surface area contributed by atoms with Crippen LogP contribution < -0.4 is 10.6 Å². The van der Waals surface area contributed by atoms with Crippen molar-refractivity contribution in [3.8, 4) is 0 Å². The predicted octanol–water partition coefficient (Wildman–Crippen LogP) is 1.46. The van der Waals surface area contributed by atoms with Crippen LogP contribution in [0.15, 0.2) is 12.7 Å². The number of urea groups is 1. The van der Waals surface area contributed by atoms with Gasteiger partial charge in [-0.3, -0.25) is 0 Å². The number of aliphatic carboxylic acids is 1. The molecule has 0 aliphatic heterocycles. The number of hydrogen-bond donors (Lipinski definition) is 3. The van der Waals surface area contributed by atoms with Gasteiger partial charge in [-0.05, 0) is 31.8 Å². The topological polar surface area (TPSA) is 78.4 Å². The Labute approximate surface area is 106 Å². The van der Waals surface area contributed by atoms with Crippen LogP contribution in [0.1, 0.15) is 19.8 Å². The third-order valence-corrected chi connectivity index (χ3v) is 2.78. The molecule has 0 aromatic heterocycles. The summed E-state index contributed by atoms with van der Waals surface area (Å²) in [7, 11) is 0. The lowest BCUT2D eigenvalue weighted by Crippen LogP contribution is -2.48. The Kier molecular flexibility index (Phi) is 8.31. The largest absolute Gasteiger partial charge is 0.480 e. The highest BCUT2D eigenvalue weighted by atomic mass is 32.2. The molecule has 0 radical (unpaired) electrons. The normalized spacial score (nSPS) is 13.5. The quantitative estimate of drug-likeness (QED) is 0.577. The molecular weight excluding hydrogens is 240 g/mol. The number of rotatable bonds is 8. The number of carboxylic acid groups (broad SMARTS) is 1. The van der Waals surface area contributed by atoms with Gasteiger partial charge in [0.1, 0.15) is 6.04 Å². The lowest BCUT2D eigenvalue weighted by Gasteiger charge is -2.17. The molecular formula is C11H20N2O3S. The van der Waals surface area contributed by atoms with E-state index in [2.05, 4.69) is 17.2 Å². The first-order valence-corrected chi connectivity index (χ1v) is 6.80. The van der Waals surface area contributed by atoms with E-state index in [4.69, 9.17) is 5.11 Å². The van der Waals surface area contributed by atoms with Crippen LogP contribution in [0.4, 0.5) is 4.79 Å². The van der Waals surface area contributed by atoms with Crippen molar-refractivity contribution in [1.82, 2.24) is 10.6 Å². The van der Waals surface area contributed by atoms with Crippen LogP contribution in [0.5, 0.6) is 0 Å². The molecule has 0 spiro atoms. The van der Waals surface area contributed by atoms with E-state index in [9.17, 15) is 9.59 Å². The van der Waals surface area contributed by atoms with E-state index in [0.717, 1.165) is 12.2 Å². The Morgan fingerprint density at radius 2 is 2.12 bits per heavy atom. The second-order valence-electron chi connectivity index (χ2n) is 3.72. The monoisotopic (exact) mass is 260 g/mol. The molecule has 2 atom stereocenters. The first-order valence-electron chi connectivity index (χ1n) is 5.41. The summed E-state index contributed by atoms with van der Waals surface area (Å²) in [5.74, 6) is -0.104. The van der Waals surface area contributed by atoms with E-state index < -0.39 is 18.0 Å². The van der Waals surface area contributed by atoms with Gasteiger partial charge in [-0.25, -0.2) is 9.59 Å². The summed E-state index contributed by atoms with van der Waals surface area (Å²) >= 11 is 1.70. The minimum Gasteiger partial charge on any atom is -0.480 e. The van der Waals surface area contributed by atoms with E-state index in [1.807, 2.05) is 13.2 Å². The highest BCUT2D eigenvalue weighted by Crippen LogP contribution is 2.00. The van der Waals surface area contributed by atoms with Gasteiger partial charge in [0.05, 0.1) is 0 Å². The molecule has 0 saturated heterocycles. The summed E-state index contributed by atoms with van der Waals surface area (Å²) in [5.41, 5.74) is 0. The van der Waals surface area contributed by atoms with Crippen molar-refractivity contribution in [3.63, 3.8) is 0 Å². The fourth-order valence-corrected chi connectivity index (χ4v) is 1.77. The standard InChI is InChI=1S/C11H20N2O3S/c1-4-5-9(10(14)15)13-11(16)12-8(2)6-7-17-3/h4,8-9H,1,5-7H2,2-3H3,(H,14,15)(H2,12,13,16). The van der Waals surface area contributed by atoms with E-state index in [1.54, 1.807) is 11.8 Å². The first-order chi connectivity index (χ1) is 8.01. The maximum absolute atomic E-state index is 11.5. The molecule has 2 amide bonds. The van der Waals surface area contributed by atoms with Gasteiger partial charge in [0.25, 0.3) is 0 Å². The number of carbonyl (C=O) groups is 2. The zero-order valence-electron chi connectivity index (χ0n) is 10.2. The second-order valence-corrected chi connectivity index (χ2v) is 4.70. The SMILES string of the molecule is C=CCC(NC(=O)NC(C)CCSC)C(=O)O. The van der Waals surface area contributed by atoms with Gasteiger partial charge in [0.15, 0.2) is 0 Å². The van der Waals surface area contributed by atoms with Gasteiger partial charge in [-0.1, -0.05) is 6.08 Å². The van der Waals surface area contributed by atoms with Gasteiger partial charge in [-0.15, -0.1) is 6.58 Å². The Balaban J connectivity index is 4.04. The molecule has 0 fully saturated rings. The Bertz CT molecular complexity index is 271. The number of nitrogens with one attached hydrogen (secondary N) is 2. The molecule has 0 aromatic rings. The molecule has 2 unspecified atom stereocenters.